The van der Waals surface area contributed by atoms with Gasteiger partial charge in [0.15, 0.2) is 5.65 Å². The molecule has 2 aromatic carbocycles. The summed E-state index contributed by atoms with van der Waals surface area (Å²) < 4.78 is 2.40. The van der Waals surface area contributed by atoms with Crippen LogP contribution in [0.5, 0.6) is 11.5 Å². The van der Waals surface area contributed by atoms with Crippen LogP contribution in [0.4, 0.5) is 5.82 Å². The normalized spacial score (nSPS) is 11.0. The summed E-state index contributed by atoms with van der Waals surface area (Å²) in [6, 6.07) is 13.7. The van der Waals surface area contributed by atoms with Crippen LogP contribution in [0.1, 0.15) is 5.56 Å². The number of anilines is 1. The maximum Gasteiger partial charge on any atom is 0.172 e. The molecule has 0 bridgehead atoms. The van der Waals surface area contributed by atoms with E-state index in [1.54, 1.807) is 41.0 Å². The van der Waals surface area contributed by atoms with Crippen molar-refractivity contribution in [1.82, 2.24) is 14.6 Å². The Morgan fingerprint density at radius 1 is 1.11 bits per heavy atom. The third-order valence-electron chi connectivity index (χ3n) is 4.02. The number of rotatable bonds is 4. The first-order valence-corrected chi connectivity index (χ1v) is 9.23. The summed E-state index contributed by atoms with van der Waals surface area (Å²) in [7, 11) is 0. The fraction of sp³-hybridized carbons (Fsp3) is 0.0526. The molecule has 8 heteroatoms. The van der Waals surface area contributed by atoms with Crippen LogP contribution >= 0.6 is 27.5 Å². The van der Waals surface area contributed by atoms with Crippen LogP contribution in [-0.4, -0.2) is 24.8 Å². The van der Waals surface area contributed by atoms with E-state index >= 15 is 0 Å². The maximum absolute atomic E-state index is 10.2. The summed E-state index contributed by atoms with van der Waals surface area (Å²) in [6.45, 7) is 0.422. The SMILES string of the molecule is Oc1cc(Cl)cc(CNc2cc(-c3ccccc3O)nc3c(Br)cnn23)c1. The molecule has 4 aromatic rings. The van der Waals surface area contributed by atoms with E-state index in [0.717, 1.165) is 10.0 Å². The number of benzene rings is 2. The Kier molecular flexibility index (Phi) is 4.63. The summed E-state index contributed by atoms with van der Waals surface area (Å²) in [6.07, 6.45) is 1.66. The topological polar surface area (TPSA) is 82.7 Å². The van der Waals surface area contributed by atoms with Crippen LogP contribution < -0.4 is 5.32 Å². The van der Waals surface area contributed by atoms with E-state index in [2.05, 4.69) is 31.3 Å². The Morgan fingerprint density at radius 2 is 1.93 bits per heavy atom. The van der Waals surface area contributed by atoms with Crippen molar-refractivity contribution in [3.8, 4) is 22.8 Å². The summed E-state index contributed by atoms with van der Waals surface area (Å²) in [4.78, 5) is 4.60. The van der Waals surface area contributed by atoms with E-state index in [0.29, 0.717) is 34.3 Å². The van der Waals surface area contributed by atoms with Crippen molar-refractivity contribution >= 4 is 39.0 Å². The van der Waals surface area contributed by atoms with Gasteiger partial charge in [0.25, 0.3) is 0 Å². The minimum atomic E-state index is 0.107. The van der Waals surface area contributed by atoms with Crippen LogP contribution in [0.15, 0.2) is 59.2 Å². The molecule has 0 spiro atoms. The van der Waals surface area contributed by atoms with Gasteiger partial charge >= 0.3 is 0 Å². The first-order valence-electron chi connectivity index (χ1n) is 8.06. The van der Waals surface area contributed by atoms with Gasteiger partial charge in [-0.1, -0.05) is 23.7 Å². The van der Waals surface area contributed by atoms with Crippen molar-refractivity contribution < 1.29 is 10.2 Å². The summed E-state index contributed by atoms with van der Waals surface area (Å²) >= 11 is 9.46. The van der Waals surface area contributed by atoms with Crippen molar-refractivity contribution in [2.75, 3.05) is 5.32 Å². The van der Waals surface area contributed by atoms with Gasteiger partial charge in [0.2, 0.25) is 0 Å². The van der Waals surface area contributed by atoms with Crippen LogP contribution in [0.3, 0.4) is 0 Å². The molecule has 0 atom stereocenters. The first-order chi connectivity index (χ1) is 13.0. The van der Waals surface area contributed by atoms with Gasteiger partial charge in [-0.3, -0.25) is 0 Å². The highest BCUT2D eigenvalue weighted by Gasteiger charge is 2.13. The Morgan fingerprint density at radius 3 is 2.70 bits per heavy atom. The van der Waals surface area contributed by atoms with E-state index in [1.165, 1.54) is 6.07 Å². The standard InChI is InChI=1S/C19H14BrClN4O2/c20-15-10-23-25-18(22-9-11-5-12(21)7-13(26)6-11)8-16(24-19(15)25)14-3-1-2-4-17(14)27/h1-8,10,22,26-27H,9H2. The van der Waals surface area contributed by atoms with Gasteiger partial charge in [0.05, 0.1) is 16.4 Å². The van der Waals surface area contributed by atoms with E-state index in [1.807, 2.05) is 12.1 Å². The third kappa shape index (κ3) is 3.56. The molecule has 0 saturated carbocycles. The summed E-state index contributed by atoms with van der Waals surface area (Å²) in [5.74, 6) is 0.940. The number of nitrogens with one attached hydrogen (secondary N) is 1. The molecule has 0 amide bonds. The second kappa shape index (κ2) is 7.09. The number of aromatic hydroxyl groups is 2. The number of phenolic OH excluding ortho intramolecular Hbond substituents is 2. The molecule has 0 radical (unpaired) electrons. The Bertz CT molecular complexity index is 1130. The minimum absolute atomic E-state index is 0.107. The second-order valence-corrected chi connectivity index (χ2v) is 7.23. The fourth-order valence-electron chi connectivity index (χ4n) is 2.82. The smallest absolute Gasteiger partial charge is 0.172 e. The van der Waals surface area contributed by atoms with Gasteiger partial charge in [0, 0.05) is 23.2 Å². The van der Waals surface area contributed by atoms with Crippen molar-refractivity contribution in [3.05, 3.63) is 69.8 Å². The largest absolute Gasteiger partial charge is 0.508 e. The average Bonchev–Trinajstić information content (AvgIpc) is 3.00. The molecule has 0 saturated heterocycles. The van der Waals surface area contributed by atoms with Gasteiger partial charge in [-0.05, 0) is 51.8 Å². The Hall–Kier alpha value is -2.77. The highest BCUT2D eigenvalue weighted by molar-refractivity contribution is 9.10. The summed E-state index contributed by atoms with van der Waals surface area (Å²) in [5, 5.41) is 28.0. The molecule has 0 aliphatic rings. The molecule has 27 heavy (non-hydrogen) atoms. The van der Waals surface area contributed by atoms with Gasteiger partial charge in [-0.25, -0.2) is 4.98 Å². The number of hydrogen-bond donors (Lipinski definition) is 3. The van der Waals surface area contributed by atoms with Gasteiger partial charge in [-0.15, -0.1) is 0 Å². The zero-order valence-electron chi connectivity index (χ0n) is 13.9. The maximum atomic E-state index is 10.2. The Labute approximate surface area is 168 Å². The number of aromatic nitrogens is 3. The molecule has 2 aromatic heterocycles. The lowest BCUT2D eigenvalue weighted by molar-refractivity contribution is 0.474. The molecule has 0 aliphatic heterocycles. The lowest BCUT2D eigenvalue weighted by Crippen LogP contribution is -2.06. The van der Waals surface area contributed by atoms with Gasteiger partial charge in [0.1, 0.15) is 17.3 Å². The molecule has 4 rings (SSSR count). The molecule has 0 unspecified atom stereocenters. The van der Waals surface area contributed by atoms with Crippen LogP contribution in [0.25, 0.3) is 16.9 Å². The zero-order valence-corrected chi connectivity index (χ0v) is 16.2. The predicted molar refractivity (Wildman–Crippen MR) is 108 cm³/mol. The highest BCUT2D eigenvalue weighted by Crippen LogP contribution is 2.31. The average molecular weight is 446 g/mol. The third-order valence-corrected chi connectivity index (χ3v) is 4.80. The first kappa shape index (κ1) is 17.6. The van der Waals surface area contributed by atoms with Crippen LogP contribution in [0.2, 0.25) is 5.02 Å². The number of hydrogen-bond acceptors (Lipinski definition) is 5. The van der Waals surface area contributed by atoms with Gasteiger partial charge in [-0.2, -0.15) is 9.61 Å². The van der Waals surface area contributed by atoms with E-state index in [9.17, 15) is 10.2 Å². The van der Waals surface area contributed by atoms with Crippen molar-refractivity contribution in [2.45, 2.75) is 6.54 Å². The lowest BCUT2D eigenvalue weighted by Gasteiger charge is -2.12. The highest BCUT2D eigenvalue weighted by atomic mass is 79.9. The molecule has 3 N–H and O–H groups in total. The van der Waals surface area contributed by atoms with Gasteiger partial charge < -0.3 is 15.5 Å². The van der Waals surface area contributed by atoms with Crippen molar-refractivity contribution in [3.63, 3.8) is 0 Å². The number of para-hydroxylation sites is 1. The fourth-order valence-corrected chi connectivity index (χ4v) is 3.42. The molecule has 2 heterocycles. The molecular formula is C19H14BrClN4O2. The number of fused-ring (bicyclic) bond motifs is 1. The number of halogens is 2. The monoisotopic (exact) mass is 444 g/mol. The van der Waals surface area contributed by atoms with Crippen molar-refractivity contribution in [1.29, 1.82) is 0 Å². The Balaban J connectivity index is 1.76. The molecule has 0 aliphatic carbocycles. The van der Waals surface area contributed by atoms with Crippen molar-refractivity contribution in [2.24, 2.45) is 0 Å². The van der Waals surface area contributed by atoms with Crippen LogP contribution in [-0.2, 0) is 6.54 Å². The van der Waals surface area contributed by atoms with Crippen LogP contribution in [0, 0.1) is 0 Å². The van der Waals surface area contributed by atoms with E-state index in [4.69, 9.17) is 11.6 Å². The van der Waals surface area contributed by atoms with E-state index < -0.39 is 0 Å². The molecular weight excluding hydrogens is 432 g/mol. The number of nitrogens with zero attached hydrogens (tertiary/aromatic N) is 3. The van der Waals surface area contributed by atoms with E-state index in [-0.39, 0.29) is 11.5 Å². The number of phenols is 2. The second-order valence-electron chi connectivity index (χ2n) is 5.94. The zero-order chi connectivity index (χ0) is 19.0. The summed E-state index contributed by atoms with van der Waals surface area (Å²) in [5.41, 5.74) is 2.67. The minimum Gasteiger partial charge on any atom is -0.508 e. The molecule has 0 fully saturated rings. The molecule has 6 nitrogen and oxygen atoms in total. The molecule has 136 valence electrons. The quantitative estimate of drug-likeness (QED) is 0.419. The predicted octanol–water partition coefficient (Wildman–Crippen LogP) is 4.84. The lowest BCUT2D eigenvalue weighted by atomic mass is 10.1.